The monoisotopic (exact) mass is 675 g/mol. The first kappa shape index (κ1) is 29.5. The Hall–Kier alpha value is -7.17. The molecule has 0 radical (unpaired) electrons. The van der Waals surface area contributed by atoms with Crippen molar-refractivity contribution in [3.8, 4) is 45.3 Å². The van der Waals surface area contributed by atoms with Gasteiger partial charge in [-0.05, 0) is 73.1 Å². The van der Waals surface area contributed by atoms with E-state index >= 15 is 0 Å². The van der Waals surface area contributed by atoms with Crippen molar-refractivity contribution in [3.05, 3.63) is 176 Å². The molecule has 0 saturated heterocycles. The topological polar surface area (TPSA) is 51.8 Å². The van der Waals surface area contributed by atoms with Gasteiger partial charge in [-0.2, -0.15) is 0 Å². The largest absolute Gasteiger partial charge is 0.455 e. The van der Waals surface area contributed by atoms with Gasteiger partial charge in [0, 0.05) is 32.8 Å². The SMILES string of the molecule is c1ccc(-c2ccc3c(c2)oc2c4ccccc4c(-c4nc(-c5ccccc5)nc(-c5ccc6c(ccc7c8ccccc8ccc67)c5)n4)cc32)cc1. The van der Waals surface area contributed by atoms with Crippen LogP contribution in [0.2, 0.25) is 0 Å². The van der Waals surface area contributed by atoms with Crippen LogP contribution in [0.1, 0.15) is 0 Å². The Morgan fingerprint density at radius 2 is 0.868 bits per heavy atom. The summed E-state index contributed by atoms with van der Waals surface area (Å²) in [4.78, 5) is 15.5. The average Bonchev–Trinajstić information content (AvgIpc) is 3.61. The van der Waals surface area contributed by atoms with Crippen molar-refractivity contribution in [2.24, 2.45) is 0 Å². The zero-order valence-corrected chi connectivity index (χ0v) is 28.5. The second-order valence-corrected chi connectivity index (χ2v) is 13.6. The van der Waals surface area contributed by atoms with E-state index in [4.69, 9.17) is 19.4 Å². The van der Waals surface area contributed by atoms with Crippen LogP contribution in [0.25, 0.3) is 110 Å². The Balaban J connectivity index is 1.12. The standard InChI is InChI=1S/C49H29N3O/c1-3-11-30(12-4-1)33-20-26-41-43-29-44(38-17-9-10-18-42(38)46(43)53-45(41)28-33)49-51-47(32-14-5-2-6-15-32)50-48(52-49)35-22-23-37-34(27-35)21-25-39-36-16-8-7-13-31(36)19-24-40(37)39/h1-29H. The van der Waals surface area contributed by atoms with Crippen molar-refractivity contribution in [2.45, 2.75) is 0 Å². The smallest absolute Gasteiger partial charge is 0.164 e. The first-order valence-corrected chi connectivity index (χ1v) is 17.9. The highest BCUT2D eigenvalue weighted by molar-refractivity contribution is 6.20. The molecule has 11 rings (SSSR count). The molecule has 0 atom stereocenters. The van der Waals surface area contributed by atoms with Crippen LogP contribution in [0.3, 0.4) is 0 Å². The first-order chi connectivity index (χ1) is 26.2. The summed E-state index contributed by atoms with van der Waals surface area (Å²) in [5.74, 6) is 1.87. The summed E-state index contributed by atoms with van der Waals surface area (Å²) in [6.07, 6.45) is 0. The molecule has 0 fully saturated rings. The van der Waals surface area contributed by atoms with Gasteiger partial charge in [0.25, 0.3) is 0 Å². The predicted octanol–water partition coefficient (Wildman–Crippen LogP) is 13.1. The van der Waals surface area contributed by atoms with E-state index in [-0.39, 0.29) is 0 Å². The van der Waals surface area contributed by atoms with Crippen molar-refractivity contribution in [1.29, 1.82) is 0 Å². The third-order valence-corrected chi connectivity index (χ3v) is 10.5. The summed E-state index contributed by atoms with van der Waals surface area (Å²) in [5.41, 5.74) is 6.78. The van der Waals surface area contributed by atoms with Crippen LogP contribution in [0.15, 0.2) is 180 Å². The fourth-order valence-corrected chi connectivity index (χ4v) is 7.90. The van der Waals surface area contributed by atoms with Gasteiger partial charge in [-0.1, -0.05) is 152 Å². The molecule has 9 aromatic carbocycles. The molecule has 53 heavy (non-hydrogen) atoms. The maximum Gasteiger partial charge on any atom is 0.164 e. The Bertz CT molecular complexity index is 3220. The van der Waals surface area contributed by atoms with E-state index in [1.165, 1.54) is 26.9 Å². The van der Waals surface area contributed by atoms with Gasteiger partial charge in [-0.25, -0.2) is 15.0 Å². The number of furan rings is 1. The van der Waals surface area contributed by atoms with E-state index in [0.29, 0.717) is 17.5 Å². The summed E-state index contributed by atoms with van der Waals surface area (Å²) >= 11 is 0. The third kappa shape index (κ3) is 4.80. The fourth-order valence-electron chi connectivity index (χ4n) is 7.90. The molecular formula is C49H29N3O. The number of hydrogen-bond acceptors (Lipinski definition) is 4. The van der Waals surface area contributed by atoms with Gasteiger partial charge in [0.1, 0.15) is 11.2 Å². The molecule has 0 amide bonds. The maximum absolute atomic E-state index is 6.65. The van der Waals surface area contributed by atoms with Gasteiger partial charge in [0.05, 0.1) is 0 Å². The minimum atomic E-state index is 0.618. The van der Waals surface area contributed by atoms with Crippen molar-refractivity contribution in [1.82, 2.24) is 15.0 Å². The Kier molecular flexibility index (Phi) is 6.52. The van der Waals surface area contributed by atoms with E-state index in [9.17, 15) is 0 Å². The summed E-state index contributed by atoms with van der Waals surface area (Å²) in [6.45, 7) is 0. The van der Waals surface area contributed by atoms with Gasteiger partial charge >= 0.3 is 0 Å². The lowest BCUT2D eigenvalue weighted by molar-refractivity contribution is 0.673. The van der Waals surface area contributed by atoms with Gasteiger partial charge in [-0.3, -0.25) is 0 Å². The lowest BCUT2D eigenvalue weighted by Gasteiger charge is -2.12. The molecule has 2 heterocycles. The van der Waals surface area contributed by atoms with Crippen LogP contribution >= 0.6 is 0 Å². The highest BCUT2D eigenvalue weighted by Crippen LogP contribution is 2.41. The summed E-state index contributed by atoms with van der Waals surface area (Å²) in [6, 6.07) is 61.6. The number of nitrogens with zero attached hydrogens (tertiary/aromatic N) is 3. The Labute approximate surface area is 304 Å². The Morgan fingerprint density at radius 1 is 0.302 bits per heavy atom. The minimum absolute atomic E-state index is 0.618. The Morgan fingerprint density at radius 3 is 1.66 bits per heavy atom. The normalized spacial score (nSPS) is 11.8. The molecule has 4 heteroatoms. The van der Waals surface area contributed by atoms with Crippen LogP contribution in [-0.2, 0) is 0 Å². The summed E-state index contributed by atoms with van der Waals surface area (Å²) in [5, 5.41) is 11.5. The van der Waals surface area contributed by atoms with Crippen molar-refractivity contribution < 1.29 is 4.42 Å². The number of fused-ring (bicyclic) bond motifs is 10. The number of hydrogen-bond donors (Lipinski definition) is 0. The van der Waals surface area contributed by atoms with Gasteiger partial charge < -0.3 is 4.42 Å². The molecule has 4 nitrogen and oxygen atoms in total. The van der Waals surface area contributed by atoms with E-state index in [1.54, 1.807) is 0 Å². The summed E-state index contributed by atoms with van der Waals surface area (Å²) in [7, 11) is 0. The fraction of sp³-hybridized carbons (Fsp3) is 0. The van der Waals surface area contributed by atoms with E-state index < -0.39 is 0 Å². The van der Waals surface area contributed by atoms with E-state index in [0.717, 1.165) is 65.9 Å². The van der Waals surface area contributed by atoms with Gasteiger partial charge in [0.2, 0.25) is 0 Å². The van der Waals surface area contributed by atoms with Crippen LogP contribution in [0.5, 0.6) is 0 Å². The number of aromatic nitrogens is 3. The quantitative estimate of drug-likeness (QED) is 0.174. The lowest BCUT2D eigenvalue weighted by Crippen LogP contribution is -2.00. The molecule has 2 aromatic heterocycles. The number of benzene rings is 9. The van der Waals surface area contributed by atoms with Crippen LogP contribution in [0, 0.1) is 0 Å². The highest BCUT2D eigenvalue weighted by atomic mass is 16.3. The van der Waals surface area contributed by atoms with Crippen molar-refractivity contribution >= 4 is 65.0 Å². The molecule has 0 spiro atoms. The second-order valence-electron chi connectivity index (χ2n) is 13.6. The molecule has 0 saturated carbocycles. The van der Waals surface area contributed by atoms with Crippen LogP contribution < -0.4 is 0 Å². The number of rotatable bonds is 4. The van der Waals surface area contributed by atoms with E-state index in [1.807, 2.05) is 24.3 Å². The van der Waals surface area contributed by atoms with Crippen LogP contribution in [0.4, 0.5) is 0 Å². The van der Waals surface area contributed by atoms with Crippen molar-refractivity contribution in [3.63, 3.8) is 0 Å². The molecule has 0 unspecified atom stereocenters. The molecule has 0 aliphatic rings. The van der Waals surface area contributed by atoms with E-state index in [2.05, 4.69) is 152 Å². The average molecular weight is 676 g/mol. The molecule has 246 valence electrons. The van der Waals surface area contributed by atoms with Gasteiger partial charge in [0.15, 0.2) is 17.5 Å². The molecular weight excluding hydrogens is 647 g/mol. The van der Waals surface area contributed by atoms with Gasteiger partial charge in [-0.15, -0.1) is 0 Å². The second kappa shape index (κ2) is 11.7. The van der Waals surface area contributed by atoms with Crippen molar-refractivity contribution in [2.75, 3.05) is 0 Å². The first-order valence-electron chi connectivity index (χ1n) is 17.9. The molecule has 0 aliphatic heterocycles. The highest BCUT2D eigenvalue weighted by Gasteiger charge is 2.19. The molecule has 0 bridgehead atoms. The molecule has 0 aliphatic carbocycles. The zero-order chi connectivity index (χ0) is 34.9. The minimum Gasteiger partial charge on any atom is -0.455 e. The third-order valence-electron chi connectivity index (χ3n) is 10.5. The zero-order valence-electron chi connectivity index (χ0n) is 28.5. The summed E-state index contributed by atoms with van der Waals surface area (Å²) < 4.78 is 6.65. The van der Waals surface area contributed by atoms with Crippen LogP contribution in [-0.4, -0.2) is 15.0 Å². The molecule has 0 N–H and O–H groups in total. The molecule has 11 aromatic rings. The lowest BCUT2D eigenvalue weighted by atomic mass is 9.96. The maximum atomic E-state index is 6.65. The predicted molar refractivity (Wildman–Crippen MR) is 219 cm³/mol.